The van der Waals surface area contributed by atoms with Crippen LogP contribution in [0.3, 0.4) is 0 Å². The number of nitrogens with zero attached hydrogens (tertiary/aromatic N) is 1. The first kappa shape index (κ1) is 17.5. The standard InChI is InChI=1S/C16H22N4O2S/c1-10-9-14(21)19-20-15(10)11-3-5-12(6-4-11)18-16(22)13(17)7-8-23-2/h3-6,10,13H,7-9,17H2,1-2H3,(H,18,22)(H,19,21)/t10?,13-/m1/s1. The minimum Gasteiger partial charge on any atom is -0.325 e. The molecule has 1 unspecified atom stereocenters. The topological polar surface area (TPSA) is 96.6 Å². The van der Waals surface area contributed by atoms with E-state index in [9.17, 15) is 9.59 Å². The van der Waals surface area contributed by atoms with Gasteiger partial charge in [-0.15, -0.1) is 0 Å². The third kappa shape index (κ3) is 4.80. The molecule has 1 aliphatic heterocycles. The molecule has 0 bridgehead atoms. The van der Waals surface area contributed by atoms with Gasteiger partial charge in [-0.2, -0.15) is 16.9 Å². The van der Waals surface area contributed by atoms with Crippen molar-refractivity contribution in [3.05, 3.63) is 29.8 Å². The van der Waals surface area contributed by atoms with Crippen molar-refractivity contribution in [1.29, 1.82) is 0 Å². The van der Waals surface area contributed by atoms with Gasteiger partial charge in [-0.3, -0.25) is 9.59 Å². The molecule has 0 radical (unpaired) electrons. The molecule has 4 N–H and O–H groups in total. The number of nitrogens with two attached hydrogens (primary N) is 1. The van der Waals surface area contributed by atoms with Crippen molar-refractivity contribution in [2.75, 3.05) is 17.3 Å². The zero-order chi connectivity index (χ0) is 16.8. The van der Waals surface area contributed by atoms with Crippen LogP contribution in [0.5, 0.6) is 0 Å². The van der Waals surface area contributed by atoms with Gasteiger partial charge in [0.15, 0.2) is 0 Å². The van der Waals surface area contributed by atoms with E-state index in [1.54, 1.807) is 11.8 Å². The van der Waals surface area contributed by atoms with E-state index in [4.69, 9.17) is 5.73 Å². The maximum absolute atomic E-state index is 12.0. The number of rotatable bonds is 6. The summed E-state index contributed by atoms with van der Waals surface area (Å²) >= 11 is 1.67. The summed E-state index contributed by atoms with van der Waals surface area (Å²) in [6.45, 7) is 1.97. The van der Waals surface area contributed by atoms with Crippen LogP contribution in [-0.2, 0) is 9.59 Å². The highest BCUT2D eigenvalue weighted by Crippen LogP contribution is 2.18. The van der Waals surface area contributed by atoms with Gasteiger partial charge in [-0.1, -0.05) is 19.1 Å². The molecule has 0 spiro atoms. The number of hydrogen-bond acceptors (Lipinski definition) is 5. The Morgan fingerprint density at radius 2 is 2.17 bits per heavy atom. The van der Waals surface area contributed by atoms with Gasteiger partial charge in [0.25, 0.3) is 0 Å². The summed E-state index contributed by atoms with van der Waals surface area (Å²) in [5.41, 5.74) is 10.8. The van der Waals surface area contributed by atoms with E-state index in [1.165, 1.54) is 0 Å². The van der Waals surface area contributed by atoms with Crippen LogP contribution in [0.15, 0.2) is 29.4 Å². The Bertz CT molecular complexity index is 601. The molecule has 2 amide bonds. The monoisotopic (exact) mass is 334 g/mol. The normalized spacial score (nSPS) is 18.8. The van der Waals surface area contributed by atoms with Gasteiger partial charge in [-0.05, 0) is 36.1 Å². The molecular formula is C16H22N4O2S. The molecule has 0 saturated heterocycles. The first-order valence-electron chi connectivity index (χ1n) is 7.53. The maximum atomic E-state index is 12.0. The second-order valence-corrected chi connectivity index (χ2v) is 6.58. The Morgan fingerprint density at radius 3 is 2.78 bits per heavy atom. The Kier molecular flexibility index (Phi) is 6.18. The van der Waals surface area contributed by atoms with E-state index >= 15 is 0 Å². The van der Waals surface area contributed by atoms with Crippen LogP contribution in [0.25, 0.3) is 0 Å². The number of amides is 2. The molecule has 0 aromatic heterocycles. The van der Waals surface area contributed by atoms with Crippen LogP contribution >= 0.6 is 11.8 Å². The Morgan fingerprint density at radius 1 is 1.48 bits per heavy atom. The van der Waals surface area contributed by atoms with Crippen LogP contribution in [0, 0.1) is 5.92 Å². The van der Waals surface area contributed by atoms with E-state index in [1.807, 2.05) is 37.4 Å². The minimum atomic E-state index is -0.500. The molecule has 2 rings (SSSR count). The number of nitrogens with one attached hydrogen (secondary N) is 2. The largest absolute Gasteiger partial charge is 0.325 e. The predicted molar refractivity (Wildman–Crippen MR) is 94.5 cm³/mol. The summed E-state index contributed by atoms with van der Waals surface area (Å²) in [5.74, 6) is 0.688. The van der Waals surface area contributed by atoms with E-state index < -0.39 is 6.04 Å². The Hall–Kier alpha value is -1.86. The lowest BCUT2D eigenvalue weighted by Gasteiger charge is -2.19. The fourth-order valence-electron chi connectivity index (χ4n) is 2.34. The zero-order valence-corrected chi connectivity index (χ0v) is 14.2. The molecule has 7 heteroatoms. The lowest BCUT2D eigenvalue weighted by atomic mass is 9.94. The molecule has 0 fully saturated rings. The second kappa shape index (κ2) is 8.12. The van der Waals surface area contributed by atoms with Crippen molar-refractivity contribution in [3.8, 4) is 0 Å². The van der Waals surface area contributed by atoms with Crippen LogP contribution in [0.2, 0.25) is 0 Å². The predicted octanol–water partition coefficient (Wildman–Crippen LogP) is 1.57. The third-order valence-electron chi connectivity index (χ3n) is 3.68. The van der Waals surface area contributed by atoms with Crippen molar-refractivity contribution in [3.63, 3.8) is 0 Å². The summed E-state index contributed by atoms with van der Waals surface area (Å²) < 4.78 is 0. The van der Waals surface area contributed by atoms with E-state index in [-0.39, 0.29) is 17.7 Å². The Labute approximate surface area is 140 Å². The molecule has 1 aliphatic rings. The number of thioether (sulfide) groups is 1. The highest BCUT2D eigenvalue weighted by molar-refractivity contribution is 7.98. The number of carbonyl (C=O) groups excluding carboxylic acids is 2. The first-order valence-corrected chi connectivity index (χ1v) is 8.93. The lowest BCUT2D eigenvalue weighted by Crippen LogP contribution is -2.36. The van der Waals surface area contributed by atoms with Crippen molar-refractivity contribution in [2.24, 2.45) is 16.8 Å². The molecule has 6 nitrogen and oxygen atoms in total. The number of anilines is 1. The van der Waals surface area contributed by atoms with Gasteiger partial charge in [-0.25, -0.2) is 5.43 Å². The van der Waals surface area contributed by atoms with Crippen molar-refractivity contribution in [2.45, 2.75) is 25.8 Å². The number of benzene rings is 1. The number of hydrogen-bond donors (Lipinski definition) is 3. The van der Waals surface area contributed by atoms with Crippen LogP contribution in [-0.4, -0.2) is 35.6 Å². The maximum Gasteiger partial charge on any atom is 0.241 e. The summed E-state index contributed by atoms with van der Waals surface area (Å²) in [5, 5.41) is 6.94. The fraction of sp³-hybridized carbons (Fsp3) is 0.438. The first-order chi connectivity index (χ1) is 11.0. The summed E-state index contributed by atoms with van der Waals surface area (Å²) in [7, 11) is 0. The zero-order valence-electron chi connectivity index (χ0n) is 13.3. The molecule has 1 aromatic rings. The summed E-state index contributed by atoms with van der Waals surface area (Å²) in [4.78, 5) is 23.3. The van der Waals surface area contributed by atoms with Crippen LogP contribution in [0.4, 0.5) is 5.69 Å². The quantitative estimate of drug-likeness (QED) is 0.735. The van der Waals surface area contributed by atoms with Gasteiger partial charge in [0, 0.05) is 18.0 Å². The van der Waals surface area contributed by atoms with Crippen molar-refractivity contribution in [1.82, 2.24) is 5.43 Å². The summed E-state index contributed by atoms with van der Waals surface area (Å²) in [6.07, 6.45) is 3.07. The van der Waals surface area contributed by atoms with Crippen molar-refractivity contribution >= 4 is 35.0 Å². The molecular weight excluding hydrogens is 312 g/mol. The van der Waals surface area contributed by atoms with Gasteiger partial charge in [0.1, 0.15) is 0 Å². The van der Waals surface area contributed by atoms with Gasteiger partial charge in [0.2, 0.25) is 11.8 Å². The molecule has 124 valence electrons. The smallest absolute Gasteiger partial charge is 0.241 e. The number of hydrazone groups is 1. The average Bonchev–Trinajstić information content (AvgIpc) is 2.53. The van der Waals surface area contributed by atoms with Crippen molar-refractivity contribution < 1.29 is 9.59 Å². The molecule has 23 heavy (non-hydrogen) atoms. The highest BCUT2D eigenvalue weighted by atomic mass is 32.2. The molecule has 0 saturated carbocycles. The fourth-order valence-corrected chi connectivity index (χ4v) is 2.83. The van der Waals surface area contributed by atoms with Gasteiger partial charge in [0.05, 0.1) is 11.8 Å². The SMILES string of the molecule is CSCC[C@@H](N)C(=O)Nc1ccc(C2=NNC(=O)CC2C)cc1. The third-order valence-corrected chi connectivity index (χ3v) is 4.32. The average molecular weight is 334 g/mol. The molecule has 1 heterocycles. The van der Waals surface area contributed by atoms with E-state index in [2.05, 4.69) is 15.8 Å². The molecule has 2 atom stereocenters. The minimum absolute atomic E-state index is 0.0654. The van der Waals surface area contributed by atoms with E-state index in [0.717, 1.165) is 17.0 Å². The molecule has 0 aliphatic carbocycles. The van der Waals surface area contributed by atoms with Gasteiger partial charge >= 0.3 is 0 Å². The van der Waals surface area contributed by atoms with Crippen LogP contribution < -0.4 is 16.5 Å². The van der Waals surface area contributed by atoms with E-state index in [0.29, 0.717) is 18.5 Å². The number of carbonyl (C=O) groups is 2. The lowest BCUT2D eigenvalue weighted by molar-refractivity contribution is -0.122. The second-order valence-electron chi connectivity index (χ2n) is 5.59. The van der Waals surface area contributed by atoms with Crippen LogP contribution in [0.1, 0.15) is 25.3 Å². The molecule has 1 aromatic carbocycles. The Balaban J connectivity index is 2.00. The highest BCUT2D eigenvalue weighted by Gasteiger charge is 2.21. The van der Waals surface area contributed by atoms with Gasteiger partial charge < -0.3 is 11.1 Å². The summed E-state index contributed by atoms with van der Waals surface area (Å²) in [6, 6.07) is 6.91.